The third kappa shape index (κ3) is 4.00. The normalized spacial score (nSPS) is 17.8. The van der Waals surface area contributed by atoms with Gasteiger partial charge in [-0.2, -0.15) is 0 Å². The zero-order valence-corrected chi connectivity index (χ0v) is 17.7. The molecule has 2 aliphatic rings. The number of nitrogens with one attached hydrogen (secondary N) is 2. The Balaban J connectivity index is 1.23. The molecule has 0 saturated heterocycles. The van der Waals surface area contributed by atoms with E-state index in [1.165, 1.54) is 0 Å². The van der Waals surface area contributed by atoms with E-state index in [9.17, 15) is 9.59 Å². The van der Waals surface area contributed by atoms with Crippen LogP contribution in [0.4, 0.5) is 11.4 Å². The number of hydrogen-bond donors (Lipinski definition) is 2. The fraction of sp³-hybridized carbons (Fsp3) is 0.143. The number of hydrogen-bond acceptors (Lipinski definition) is 4. The molecule has 5 rings (SSSR count). The number of ketones is 2. The Kier molecular flexibility index (Phi) is 5.42. The smallest absolute Gasteiger partial charge is 0.190 e. The van der Waals surface area contributed by atoms with Gasteiger partial charge in [-0.05, 0) is 61.1 Å². The zero-order valence-electron chi connectivity index (χ0n) is 17.7. The van der Waals surface area contributed by atoms with Gasteiger partial charge in [0.25, 0.3) is 0 Å². The molecule has 158 valence electrons. The fourth-order valence-electron chi connectivity index (χ4n) is 4.31. The van der Waals surface area contributed by atoms with Crippen molar-refractivity contribution in [3.63, 3.8) is 0 Å². The van der Waals surface area contributed by atoms with Gasteiger partial charge in [0.15, 0.2) is 11.6 Å². The molecule has 2 N–H and O–H groups in total. The Bertz CT molecular complexity index is 1150. The molecule has 0 aliphatic heterocycles. The summed E-state index contributed by atoms with van der Waals surface area (Å²) in [5, 5.41) is 6.49. The highest BCUT2D eigenvalue weighted by Crippen LogP contribution is 2.26. The molecule has 0 unspecified atom stereocenters. The lowest BCUT2D eigenvalue weighted by Crippen LogP contribution is -2.15. The molecule has 4 heteroatoms. The van der Waals surface area contributed by atoms with Gasteiger partial charge in [-0.3, -0.25) is 9.59 Å². The van der Waals surface area contributed by atoms with Gasteiger partial charge >= 0.3 is 0 Å². The predicted octanol–water partition coefficient (Wildman–Crippen LogP) is 5.94. The molecular weight excluding hydrogens is 396 g/mol. The number of carbonyl (C=O) groups excluding carboxylic acids is 2. The number of benzene rings is 3. The van der Waals surface area contributed by atoms with E-state index in [1.54, 1.807) is 0 Å². The lowest BCUT2D eigenvalue weighted by Gasteiger charge is -2.17. The van der Waals surface area contributed by atoms with Crippen molar-refractivity contribution in [2.45, 2.75) is 25.7 Å². The van der Waals surface area contributed by atoms with Crippen LogP contribution in [0.3, 0.4) is 0 Å². The first kappa shape index (κ1) is 20.0. The Morgan fingerprint density at radius 3 is 1.38 bits per heavy atom. The predicted molar refractivity (Wildman–Crippen MR) is 128 cm³/mol. The van der Waals surface area contributed by atoms with E-state index in [4.69, 9.17) is 0 Å². The Morgan fingerprint density at radius 1 is 0.531 bits per heavy atom. The van der Waals surface area contributed by atoms with Gasteiger partial charge in [0.05, 0.1) is 0 Å². The number of Topliss-reactive ketones (excluding diaryl/α,β-unsaturated/α-hetero) is 2. The fourth-order valence-corrected chi connectivity index (χ4v) is 4.31. The summed E-state index contributed by atoms with van der Waals surface area (Å²) in [7, 11) is 0. The van der Waals surface area contributed by atoms with Crippen LogP contribution in [0.5, 0.6) is 0 Å². The van der Waals surface area contributed by atoms with Crippen LogP contribution >= 0.6 is 0 Å². The maximum Gasteiger partial charge on any atom is 0.190 e. The summed E-state index contributed by atoms with van der Waals surface area (Å²) in [6, 6.07) is 23.5. The Hall–Kier alpha value is -3.92. The molecular formula is C28H24N2O2. The number of aryl methyl sites for hydroxylation is 2. The number of carbonyl (C=O) groups is 2. The molecule has 0 heterocycles. The second kappa shape index (κ2) is 8.67. The van der Waals surface area contributed by atoms with Crippen LogP contribution in [0.1, 0.15) is 44.7 Å². The van der Waals surface area contributed by atoms with Gasteiger partial charge < -0.3 is 10.6 Å². The molecule has 0 fully saturated rings. The molecule has 0 saturated carbocycles. The molecule has 32 heavy (non-hydrogen) atoms. The first-order valence-electron chi connectivity index (χ1n) is 11.0. The van der Waals surface area contributed by atoms with Crippen molar-refractivity contribution >= 4 is 22.9 Å². The number of allylic oxidation sites excluding steroid dienone is 2. The third-order valence-electron chi connectivity index (χ3n) is 6.15. The number of fused-ring (bicyclic) bond motifs is 2. The van der Waals surface area contributed by atoms with Crippen LogP contribution in [0.25, 0.3) is 0 Å². The second-order valence-corrected chi connectivity index (χ2v) is 8.18. The molecule has 2 aliphatic carbocycles. The van der Waals surface area contributed by atoms with Gasteiger partial charge in [-0.1, -0.05) is 48.5 Å². The van der Waals surface area contributed by atoms with Crippen molar-refractivity contribution in [3.05, 3.63) is 119 Å². The van der Waals surface area contributed by atoms with Gasteiger partial charge in [0.1, 0.15) is 0 Å². The van der Waals surface area contributed by atoms with Crippen LogP contribution in [0.2, 0.25) is 0 Å². The lowest BCUT2D eigenvalue weighted by atomic mass is 9.87. The summed E-state index contributed by atoms with van der Waals surface area (Å²) in [6.45, 7) is 0. The van der Waals surface area contributed by atoms with Crippen LogP contribution in [-0.2, 0) is 12.8 Å². The van der Waals surface area contributed by atoms with Crippen LogP contribution < -0.4 is 10.6 Å². The van der Waals surface area contributed by atoms with Crippen LogP contribution in [0, 0.1) is 0 Å². The molecule has 0 aromatic heterocycles. The van der Waals surface area contributed by atoms with E-state index in [-0.39, 0.29) is 11.6 Å². The highest BCUT2D eigenvalue weighted by atomic mass is 16.1. The first-order valence-corrected chi connectivity index (χ1v) is 11.0. The maximum absolute atomic E-state index is 12.7. The molecule has 0 atom stereocenters. The van der Waals surface area contributed by atoms with Crippen LogP contribution in [0.15, 0.2) is 96.3 Å². The summed E-state index contributed by atoms with van der Waals surface area (Å²) >= 11 is 0. The van der Waals surface area contributed by atoms with E-state index >= 15 is 0 Å². The first-order chi connectivity index (χ1) is 15.7. The third-order valence-corrected chi connectivity index (χ3v) is 6.15. The quantitative estimate of drug-likeness (QED) is 0.513. The highest BCUT2D eigenvalue weighted by molar-refractivity contribution is 6.11. The van der Waals surface area contributed by atoms with E-state index in [0.717, 1.165) is 70.5 Å². The standard InChI is InChI=1S/C28H24N2O2/c31-27-21(11-9-19-5-1-3-7-25(19)27)17-29-23-13-15-24(16-14-23)30-18-22-12-10-20-6-2-4-8-26(20)28(22)32/h1-8,13-18,29-30H,9-12H2. The van der Waals surface area contributed by atoms with Crippen LogP contribution in [-0.4, -0.2) is 11.6 Å². The zero-order chi connectivity index (χ0) is 21.9. The lowest BCUT2D eigenvalue weighted by molar-refractivity contribution is 0.101. The molecule has 3 aromatic carbocycles. The van der Waals surface area contributed by atoms with E-state index in [0.29, 0.717) is 0 Å². The summed E-state index contributed by atoms with van der Waals surface area (Å²) in [6.07, 6.45) is 6.90. The summed E-state index contributed by atoms with van der Waals surface area (Å²) in [5.41, 5.74) is 7.27. The molecule has 0 radical (unpaired) electrons. The molecule has 0 bridgehead atoms. The van der Waals surface area contributed by atoms with Crippen molar-refractivity contribution in [1.29, 1.82) is 0 Å². The largest absolute Gasteiger partial charge is 0.361 e. The van der Waals surface area contributed by atoms with Gasteiger partial charge in [0.2, 0.25) is 0 Å². The highest BCUT2D eigenvalue weighted by Gasteiger charge is 2.22. The summed E-state index contributed by atoms with van der Waals surface area (Å²) in [4.78, 5) is 25.4. The number of anilines is 2. The Morgan fingerprint density at radius 2 is 0.938 bits per heavy atom. The van der Waals surface area contributed by atoms with Crippen molar-refractivity contribution < 1.29 is 9.59 Å². The maximum atomic E-state index is 12.7. The molecule has 3 aromatic rings. The topological polar surface area (TPSA) is 58.2 Å². The average Bonchev–Trinajstić information content (AvgIpc) is 2.84. The minimum Gasteiger partial charge on any atom is -0.361 e. The minimum atomic E-state index is 0.1000. The van der Waals surface area contributed by atoms with Gasteiger partial charge in [-0.15, -0.1) is 0 Å². The van der Waals surface area contributed by atoms with E-state index < -0.39 is 0 Å². The molecule has 0 spiro atoms. The summed E-state index contributed by atoms with van der Waals surface area (Å²) < 4.78 is 0. The monoisotopic (exact) mass is 420 g/mol. The van der Waals surface area contributed by atoms with Crippen molar-refractivity contribution in [1.82, 2.24) is 0 Å². The van der Waals surface area contributed by atoms with Gasteiger partial charge in [-0.25, -0.2) is 0 Å². The SMILES string of the molecule is O=C1C(=CNc2ccc(NC=C3CCc4ccccc4C3=O)cc2)CCc2ccccc21. The van der Waals surface area contributed by atoms with Crippen molar-refractivity contribution in [2.24, 2.45) is 0 Å². The number of rotatable bonds is 4. The molecule has 0 amide bonds. The van der Waals surface area contributed by atoms with Crippen molar-refractivity contribution in [3.8, 4) is 0 Å². The summed E-state index contributed by atoms with van der Waals surface area (Å²) in [5.74, 6) is 0.200. The van der Waals surface area contributed by atoms with Gasteiger partial charge in [0, 0.05) is 46.0 Å². The van der Waals surface area contributed by atoms with E-state index in [2.05, 4.69) is 10.6 Å². The Labute approximate surface area is 187 Å². The van der Waals surface area contributed by atoms with Crippen molar-refractivity contribution in [2.75, 3.05) is 10.6 Å². The average molecular weight is 421 g/mol. The minimum absolute atomic E-state index is 0.1000. The second-order valence-electron chi connectivity index (χ2n) is 8.18. The molecule has 4 nitrogen and oxygen atoms in total. The van der Waals surface area contributed by atoms with E-state index in [1.807, 2.05) is 85.2 Å².